The molecule has 0 spiro atoms. The first-order valence-electron chi connectivity index (χ1n) is 7.11. The highest BCUT2D eigenvalue weighted by atomic mass is 32.2. The van der Waals surface area contributed by atoms with Crippen LogP contribution in [0.5, 0.6) is 0 Å². The van der Waals surface area contributed by atoms with Crippen LogP contribution in [0, 0.1) is 0 Å². The summed E-state index contributed by atoms with van der Waals surface area (Å²) >= 11 is 0. The number of nitrogens with zero attached hydrogens (tertiary/aromatic N) is 1. The van der Waals surface area contributed by atoms with E-state index < -0.39 is 15.9 Å². The summed E-state index contributed by atoms with van der Waals surface area (Å²) in [5, 5.41) is 2.72. The molecule has 1 aliphatic heterocycles. The van der Waals surface area contributed by atoms with Crippen molar-refractivity contribution in [3.63, 3.8) is 0 Å². The first-order chi connectivity index (χ1) is 9.30. The molecule has 0 aliphatic carbocycles. The van der Waals surface area contributed by atoms with Gasteiger partial charge in [-0.05, 0) is 13.3 Å². The number of carbonyl (C=O) groups is 2. The van der Waals surface area contributed by atoms with Crippen LogP contribution in [-0.4, -0.2) is 55.3 Å². The highest BCUT2D eigenvalue weighted by Gasteiger charge is 2.33. The van der Waals surface area contributed by atoms with Crippen molar-refractivity contribution in [3.8, 4) is 0 Å². The quantitative estimate of drug-likeness (QED) is 0.766. The van der Waals surface area contributed by atoms with E-state index in [2.05, 4.69) is 5.32 Å². The van der Waals surface area contributed by atoms with Gasteiger partial charge in [-0.15, -0.1) is 0 Å². The Labute approximate surface area is 120 Å². The Morgan fingerprint density at radius 1 is 1.30 bits per heavy atom. The topological polar surface area (TPSA) is 83.6 Å². The number of rotatable bonds is 6. The minimum Gasteiger partial charge on any atom is -0.344 e. The second-order valence-corrected chi connectivity index (χ2v) is 7.70. The van der Waals surface area contributed by atoms with Crippen LogP contribution in [0.2, 0.25) is 0 Å². The van der Waals surface area contributed by atoms with E-state index >= 15 is 0 Å². The van der Waals surface area contributed by atoms with Crippen LogP contribution < -0.4 is 5.32 Å². The molecule has 0 radical (unpaired) electrons. The number of carbonyl (C=O) groups excluding carboxylic acids is 2. The minimum atomic E-state index is -3.12. The molecule has 0 aromatic heterocycles. The summed E-state index contributed by atoms with van der Waals surface area (Å²) < 4.78 is 23.2. The average molecular weight is 304 g/mol. The van der Waals surface area contributed by atoms with E-state index in [1.165, 1.54) is 4.90 Å². The molecule has 0 saturated carbocycles. The van der Waals surface area contributed by atoms with Gasteiger partial charge in [-0.25, -0.2) is 8.42 Å². The SMILES string of the molecule is CCCC1NC(=O)CC(C)N(CCS(=O)(=O)CC)C1=O. The van der Waals surface area contributed by atoms with Gasteiger partial charge in [-0.3, -0.25) is 9.59 Å². The molecule has 0 bridgehead atoms. The smallest absolute Gasteiger partial charge is 0.245 e. The Hall–Kier alpha value is -1.11. The third-order valence-corrected chi connectivity index (χ3v) is 5.27. The molecule has 1 fully saturated rings. The average Bonchev–Trinajstić information content (AvgIpc) is 2.46. The first-order valence-corrected chi connectivity index (χ1v) is 8.93. The zero-order chi connectivity index (χ0) is 15.3. The maximum Gasteiger partial charge on any atom is 0.245 e. The maximum absolute atomic E-state index is 12.4. The Balaban J connectivity index is 2.84. The zero-order valence-electron chi connectivity index (χ0n) is 12.4. The van der Waals surface area contributed by atoms with E-state index in [4.69, 9.17) is 0 Å². The standard InChI is InChI=1S/C13H24N2O4S/c1-4-6-11-13(17)15(7-8-20(18,19)5-2)10(3)9-12(16)14-11/h10-11H,4-9H2,1-3H3,(H,14,16). The third-order valence-electron chi connectivity index (χ3n) is 3.59. The van der Waals surface area contributed by atoms with Crippen molar-refractivity contribution in [2.75, 3.05) is 18.1 Å². The summed E-state index contributed by atoms with van der Waals surface area (Å²) in [6.45, 7) is 5.48. The van der Waals surface area contributed by atoms with E-state index in [0.29, 0.717) is 6.42 Å². The van der Waals surface area contributed by atoms with Crippen molar-refractivity contribution in [1.82, 2.24) is 10.2 Å². The van der Waals surface area contributed by atoms with Crippen LogP contribution in [0.1, 0.15) is 40.0 Å². The molecule has 1 N–H and O–H groups in total. The van der Waals surface area contributed by atoms with E-state index in [1.54, 1.807) is 13.8 Å². The lowest BCUT2D eigenvalue weighted by molar-refractivity contribution is -0.134. The van der Waals surface area contributed by atoms with Crippen molar-refractivity contribution in [2.24, 2.45) is 0 Å². The number of amides is 2. The molecule has 1 rings (SSSR count). The molecule has 1 saturated heterocycles. The summed E-state index contributed by atoms with van der Waals surface area (Å²) in [6, 6.07) is -0.793. The van der Waals surface area contributed by atoms with Gasteiger partial charge in [-0.2, -0.15) is 0 Å². The molecule has 2 unspecified atom stereocenters. The van der Waals surface area contributed by atoms with Crippen LogP contribution in [0.4, 0.5) is 0 Å². The fourth-order valence-corrected chi connectivity index (χ4v) is 3.07. The predicted octanol–water partition coefficient (Wildman–Crippen LogP) is 0.327. The van der Waals surface area contributed by atoms with Crippen molar-refractivity contribution >= 4 is 21.7 Å². The second-order valence-electron chi connectivity index (χ2n) is 5.23. The van der Waals surface area contributed by atoms with Crippen LogP contribution in [-0.2, 0) is 19.4 Å². The highest BCUT2D eigenvalue weighted by Crippen LogP contribution is 2.14. The lowest BCUT2D eigenvalue weighted by Gasteiger charge is -2.28. The van der Waals surface area contributed by atoms with Crippen LogP contribution in [0.3, 0.4) is 0 Å². The number of hydrogen-bond donors (Lipinski definition) is 1. The second kappa shape index (κ2) is 7.06. The fraction of sp³-hybridized carbons (Fsp3) is 0.846. The van der Waals surface area contributed by atoms with Gasteiger partial charge in [-0.1, -0.05) is 20.3 Å². The van der Waals surface area contributed by atoms with Gasteiger partial charge in [0.05, 0.1) is 5.75 Å². The molecule has 1 heterocycles. The van der Waals surface area contributed by atoms with Crippen molar-refractivity contribution < 1.29 is 18.0 Å². The molecular weight excluding hydrogens is 280 g/mol. The Morgan fingerprint density at radius 3 is 2.50 bits per heavy atom. The maximum atomic E-state index is 12.4. The Bertz CT molecular complexity index is 461. The largest absolute Gasteiger partial charge is 0.344 e. The van der Waals surface area contributed by atoms with Gasteiger partial charge in [0.1, 0.15) is 6.04 Å². The molecule has 0 aromatic carbocycles. The number of sulfone groups is 1. The molecule has 1 aliphatic rings. The normalized spacial score (nSPS) is 24.4. The lowest BCUT2D eigenvalue weighted by Crippen LogP contribution is -2.47. The van der Waals surface area contributed by atoms with Crippen molar-refractivity contribution in [3.05, 3.63) is 0 Å². The van der Waals surface area contributed by atoms with Gasteiger partial charge < -0.3 is 10.2 Å². The molecular formula is C13H24N2O4S. The van der Waals surface area contributed by atoms with Crippen molar-refractivity contribution in [2.45, 2.75) is 52.1 Å². The minimum absolute atomic E-state index is 0.0490. The molecule has 6 nitrogen and oxygen atoms in total. The van der Waals surface area contributed by atoms with Gasteiger partial charge in [0, 0.05) is 24.8 Å². The summed E-state index contributed by atoms with van der Waals surface area (Å²) in [5.74, 6) is -0.298. The fourth-order valence-electron chi connectivity index (χ4n) is 2.31. The molecule has 20 heavy (non-hydrogen) atoms. The van der Waals surface area contributed by atoms with Crippen molar-refractivity contribution in [1.29, 1.82) is 0 Å². The van der Waals surface area contributed by atoms with E-state index in [1.807, 2.05) is 6.92 Å². The summed E-state index contributed by atoms with van der Waals surface area (Å²) in [6.07, 6.45) is 1.58. The first kappa shape index (κ1) is 16.9. The van der Waals surface area contributed by atoms with E-state index in [9.17, 15) is 18.0 Å². The molecule has 116 valence electrons. The molecule has 2 atom stereocenters. The Morgan fingerprint density at radius 2 is 1.95 bits per heavy atom. The lowest BCUT2D eigenvalue weighted by atomic mass is 10.1. The zero-order valence-corrected chi connectivity index (χ0v) is 13.2. The predicted molar refractivity (Wildman–Crippen MR) is 77.0 cm³/mol. The monoisotopic (exact) mass is 304 g/mol. The van der Waals surface area contributed by atoms with Crippen LogP contribution in [0.25, 0.3) is 0 Å². The van der Waals surface area contributed by atoms with Crippen LogP contribution >= 0.6 is 0 Å². The van der Waals surface area contributed by atoms with Gasteiger partial charge in [0.25, 0.3) is 0 Å². The van der Waals surface area contributed by atoms with Crippen LogP contribution in [0.15, 0.2) is 0 Å². The molecule has 7 heteroatoms. The highest BCUT2D eigenvalue weighted by molar-refractivity contribution is 7.91. The van der Waals surface area contributed by atoms with E-state index in [0.717, 1.165) is 6.42 Å². The number of nitrogens with one attached hydrogen (secondary N) is 1. The third kappa shape index (κ3) is 4.47. The Kier molecular flexibility index (Phi) is 5.98. The summed E-state index contributed by atoms with van der Waals surface area (Å²) in [4.78, 5) is 25.7. The molecule has 0 aromatic rings. The van der Waals surface area contributed by atoms with Gasteiger partial charge in [0.2, 0.25) is 11.8 Å². The van der Waals surface area contributed by atoms with Gasteiger partial charge in [0.15, 0.2) is 9.84 Å². The number of hydrogen-bond acceptors (Lipinski definition) is 4. The molecule has 2 amide bonds. The summed E-state index contributed by atoms with van der Waals surface area (Å²) in [7, 11) is -3.12. The summed E-state index contributed by atoms with van der Waals surface area (Å²) in [5.41, 5.74) is 0. The van der Waals surface area contributed by atoms with Gasteiger partial charge >= 0.3 is 0 Å². The van der Waals surface area contributed by atoms with E-state index in [-0.39, 0.29) is 42.3 Å².